The smallest absolute Gasteiger partial charge is 0.333 e. The highest BCUT2D eigenvalue weighted by Crippen LogP contribution is 2.32. The Labute approximate surface area is 239 Å². The van der Waals surface area contributed by atoms with Crippen LogP contribution < -0.4 is 11.2 Å². The molecule has 1 fully saturated rings. The van der Waals surface area contributed by atoms with E-state index in [9.17, 15) is 19.2 Å². The van der Waals surface area contributed by atoms with Gasteiger partial charge in [0, 0.05) is 42.8 Å². The number of likely N-dealkylation sites (tertiary alicyclic amines) is 1. The Morgan fingerprint density at radius 2 is 1.68 bits per heavy atom. The summed E-state index contributed by atoms with van der Waals surface area (Å²) in [4.78, 5) is 58.4. The number of nitrogens with zero attached hydrogens (tertiary/aromatic N) is 5. The molecule has 0 aliphatic carbocycles. The molecule has 1 amide bonds. The number of aromatic nitrogens is 4. The van der Waals surface area contributed by atoms with Crippen LogP contribution in [0, 0.1) is 5.92 Å². The van der Waals surface area contributed by atoms with Gasteiger partial charge in [-0.05, 0) is 55.2 Å². The first-order valence-corrected chi connectivity index (χ1v) is 13.5. The minimum Gasteiger partial charge on any atom is -0.468 e. The zero-order chi connectivity index (χ0) is 28.6. The SMILES string of the molecule is COC(=O)Cn1c(=O)c2c(nc(-c3ccccc3Cl)n2-c2ccc(Cl)cc2)n(CC2CCN(C(C)=O)CC2)c1=O. The molecular formula is C28H27Cl2N5O5. The van der Waals surface area contributed by atoms with Crippen molar-refractivity contribution in [1.82, 2.24) is 23.6 Å². The van der Waals surface area contributed by atoms with E-state index >= 15 is 0 Å². The number of piperidine rings is 1. The van der Waals surface area contributed by atoms with Crippen LogP contribution in [0.4, 0.5) is 0 Å². The molecule has 1 aliphatic rings. The predicted octanol–water partition coefficient (Wildman–Crippen LogP) is 3.75. The fraction of sp³-hybridized carbons (Fsp3) is 0.321. The van der Waals surface area contributed by atoms with Crippen LogP contribution in [0.1, 0.15) is 19.8 Å². The van der Waals surface area contributed by atoms with Crippen LogP contribution in [-0.4, -0.2) is 55.7 Å². The fourth-order valence-electron chi connectivity index (χ4n) is 5.09. The highest BCUT2D eigenvalue weighted by Gasteiger charge is 2.28. The molecule has 2 aromatic carbocycles. The van der Waals surface area contributed by atoms with Gasteiger partial charge in [-0.2, -0.15) is 0 Å². The number of methoxy groups -OCH3 is 1. The quantitative estimate of drug-likeness (QED) is 0.320. The first-order valence-electron chi connectivity index (χ1n) is 12.8. The van der Waals surface area contributed by atoms with Crippen LogP contribution in [0.25, 0.3) is 28.2 Å². The van der Waals surface area contributed by atoms with Gasteiger partial charge < -0.3 is 9.64 Å². The topological polar surface area (TPSA) is 108 Å². The third kappa shape index (κ3) is 5.16. The molecule has 1 aliphatic heterocycles. The molecule has 0 atom stereocenters. The maximum absolute atomic E-state index is 13.9. The minimum atomic E-state index is -0.733. The molecule has 5 rings (SSSR count). The second kappa shape index (κ2) is 11.3. The molecule has 0 saturated carbocycles. The Hall–Kier alpha value is -3.89. The van der Waals surface area contributed by atoms with Gasteiger partial charge in [0.2, 0.25) is 5.91 Å². The lowest BCUT2D eigenvalue weighted by atomic mass is 9.96. The van der Waals surface area contributed by atoms with Crippen molar-refractivity contribution in [3.8, 4) is 17.1 Å². The van der Waals surface area contributed by atoms with E-state index in [2.05, 4.69) is 0 Å². The van der Waals surface area contributed by atoms with Gasteiger partial charge in [0.15, 0.2) is 11.2 Å². The average molecular weight is 584 g/mol. The number of hydrogen-bond acceptors (Lipinski definition) is 6. The lowest BCUT2D eigenvalue weighted by Gasteiger charge is -2.31. The molecule has 0 N–H and O–H groups in total. The Morgan fingerprint density at radius 3 is 2.30 bits per heavy atom. The highest BCUT2D eigenvalue weighted by atomic mass is 35.5. The molecule has 0 unspecified atom stereocenters. The van der Waals surface area contributed by atoms with Crippen molar-refractivity contribution in [3.05, 3.63) is 79.4 Å². The summed E-state index contributed by atoms with van der Waals surface area (Å²) >= 11 is 12.7. The molecule has 3 heterocycles. The van der Waals surface area contributed by atoms with Gasteiger partial charge >= 0.3 is 11.7 Å². The highest BCUT2D eigenvalue weighted by molar-refractivity contribution is 6.33. The summed E-state index contributed by atoms with van der Waals surface area (Å²) in [5.41, 5.74) is 0.0700. The summed E-state index contributed by atoms with van der Waals surface area (Å²) in [5, 5.41) is 0.915. The lowest BCUT2D eigenvalue weighted by Crippen LogP contribution is -2.44. The Kier molecular flexibility index (Phi) is 7.82. The summed E-state index contributed by atoms with van der Waals surface area (Å²) < 4.78 is 8.74. The number of ether oxygens (including phenoxy) is 1. The van der Waals surface area contributed by atoms with Gasteiger partial charge in [0.25, 0.3) is 5.56 Å². The molecule has 0 spiro atoms. The van der Waals surface area contributed by atoms with E-state index in [1.54, 1.807) is 58.0 Å². The van der Waals surface area contributed by atoms with Crippen molar-refractivity contribution < 1.29 is 14.3 Å². The number of rotatable bonds is 6. The van der Waals surface area contributed by atoms with Gasteiger partial charge in [0.05, 0.1) is 12.1 Å². The number of fused-ring (bicyclic) bond motifs is 1. The average Bonchev–Trinajstić information content (AvgIpc) is 3.34. The number of amides is 1. The van der Waals surface area contributed by atoms with E-state index in [-0.39, 0.29) is 29.5 Å². The summed E-state index contributed by atoms with van der Waals surface area (Å²) in [7, 11) is 1.20. The lowest BCUT2D eigenvalue weighted by molar-refractivity contribution is -0.141. The second-order valence-corrected chi connectivity index (χ2v) is 10.6. The number of benzene rings is 2. The molecule has 1 saturated heterocycles. The van der Waals surface area contributed by atoms with Crippen LogP contribution in [0.15, 0.2) is 58.1 Å². The molecule has 4 aromatic rings. The second-order valence-electron chi connectivity index (χ2n) is 9.71. The third-order valence-corrected chi connectivity index (χ3v) is 7.82. The van der Waals surface area contributed by atoms with E-state index in [1.807, 2.05) is 0 Å². The van der Waals surface area contributed by atoms with Crippen molar-refractivity contribution in [3.63, 3.8) is 0 Å². The van der Waals surface area contributed by atoms with Gasteiger partial charge in [0.1, 0.15) is 12.4 Å². The zero-order valence-corrected chi connectivity index (χ0v) is 23.5. The zero-order valence-electron chi connectivity index (χ0n) is 22.0. The van der Waals surface area contributed by atoms with E-state index in [4.69, 9.17) is 32.9 Å². The number of carbonyl (C=O) groups is 2. The standard InChI is InChI=1S/C28H27Cl2N5O5/c1-17(36)32-13-11-18(12-14-32)15-33-26-24(27(38)34(28(33)39)16-23(37)40-2)35(20-9-7-19(29)8-10-20)25(31-26)21-5-3-4-6-22(21)30/h3-10,18H,11-16H2,1-2H3. The van der Waals surface area contributed by atoms with E-state index in [0.717, 1.165) is 4.57 Å². The maximum atomic E-state index is 13.9. The number of halogens is 2. The molecule has 40 heavy (non-hydrogen) atoms. The summed E-state index contributed by atoms with van der Waals surface area (Å²) in [6.07, 6.45) is 1.36. The Bertz CT molecular complexity index is 1720. The normalized spacial score (nSPS) is 14.1. The van der Waals surface area contributed by atoms with Crippen LogP contribution in [0.2, 0.25) is 10.0 Å². The molecular weight excluding hydrogens is 557 g/mol. The van der Waals surface area contributed by atoms with Crippen LogP contribution in [0.3, 0.4) is 0 Å². The number of esters is 1. The first kappa shape index (κ1) is 27.7. The fourth-order valence-corrected chi connectivity index (χ4v) is 5.44. The Balaban J connectivity index is 1.79. The molecule has 0 bridgehead atoms. The molecule has 2 aromatic heterocycles. The van der Waals surface area contributed by atoms with Crippen LogP contribution in [-0.2, 0) is 27.4 Å². The van der Waals surface area contributed by atoms with Crippen LogP contribution in [0.5, 0.6) is 0 Å². The van der Waals surface area contributed by atoms with Crippen molar-refractivity contribution in [2.75, 3.05) is 20.2 Å². The largest absolute Gasteiger partial charge is 0.468 e. The van der Waals surface area contributed by atoms with Gasteiger partial charge in [-0.1, -0.05) is 35.3 Å². The molecule has 10 nitrogen and oxygen atoms in total. The number of imidazole rings is 1. The van der Waals surface area contributed by atoms with Gasteiger partial charge in [-0.25, -0.2) is 14.3 Å². The minimum absolute atomic E-state index is 0.00993. The first-order chi connectivity index (χ1) is 19.2. The van der Waals surface area contributed by atoms with E-state index in [1.165, 1.54) is 18.6 Å². The molecule has 12 heteroatoms. The summed E-state index contributed by atoms with van der Waals surface area (Å²) in [6.45, 7) is 2.38. The number of carbonyl (C=O) groups excluding carboxylic acids is 2. The third-order valence-electron chi connectivity index (χ3n) is 7.24. The number of hydrogen-bond donors (Lipinski definition) is 0. The van der Waals surface area contributed by atoms with Crippen molar-refractivity contribution in [2.45, 2.75) is 32.9 Å². The monoisotopic (exact) mass is 583 g/mol. The van der Waals surface area contributed by atoms with Crippen molar-refractivity contribution in [1.29, 1.82) is 0 Å². The van der Waals surface area contributed by atoms with Gasteiger partial charge in [-0.3, -0.25) is 23.5 Å². The summed E-state index contributed by atoms with van der Waals surface area (Å²) in [6, 6.07) is 13.9. The summed E-state index contributed by atoms with van der Waals surface area (Å²) in [5.74, 6) is -0.320. The molecule has 208 valence electrons. The maximum Gasteiger partial charge on any atom is 0.333 e. The predicted molar refractivity (Wildman–Crippen MR) is 152 cm³/mol. The van der Waals surface area contributed by atoms with Gasteiger partial charge in [-0.15, -0.1) is 0 Å². The van der Waals surface area contributed by atoms with Crippen molar-refractivity contribution >= 4 is 46.2 Å². The van der Waals surface area contributed by atoms with Crippen molar-refractivity contribution in [2.24, 2.45) is 5.92 Å². The Morgan fingerprint density at radius 1 is 1.00 bits per heavy atom. The van der Waals surface area contributed by atoms with Crippen LogP contribution >= 0.6 is 23.2 Å². The molecule has 0 radical (unpaired) electrons. The van der Waals surface area contributed by atoms with E-state index in [0.29, 0.717) is 53.1 Å². The van der Waals surface area contributed by atoms with E-state index < -0.39 is 23.8 Å².